The van der Waals surface area contributed by atoms with Crippen LogP contribution in [0.3, 0.4) is 0 Å². The van der Waals surface area contributed by atoms with Crippen LogP contribution in [0.15, 0.2) is 36.4 Å². The van der Waals surface area contributed by atoms with Gasteiger partial charge in [0.2, 0.25) is 11.6 Å². The van der Waals surface area contributed by atoms with Crippen molar-refractivity contribution in [2.75, 3.05) is 11.5 Å². The first kappa shape index (κ1) is 21.8. The quantitative estimate of drug-likeness (QED) is 0.185. The zero-order chi connectivity index (χ0) is 22.9. The van der Waals surface area contributed by atoms with Gasteiger partial charge in [0.05, 0.1) is 17.8 Å². The van der Waals surface area contributed by atoms with Gasteiger partial charge in [0.25, 0.3) is 0 Å². The van der Waals surface area contributed by atoms with Crippen molar-refractivity contribution in [3.05, 3.63) is 47.5 Å². The van der Waals surface area contributed by atoms with Crippen molar-refractivity contribution < 1.29 is 41.7 Å². The fourth-order valence-corrected chi connectivity index (χ4v) is 3.92. The van der Waals surface area contributed by atoms with E-state index < -0.39 is 69.3 Å². The molecule has 6 nitrogen and oxygen atoms in total. The van der Waals surface area contributed by atoms with Crippen molar-refractivity contribution in [2.24, 2.45) is 5.73 Å². The summed E-state index contributed by atoms with van der Waals surface area (Å²) < 4.78 is 88.7. The van der Waals surface area contributed by atoms with Crippen LogP contribution in [0.5, 0.6) is 11.5 Å². The van der Waals surface area contributed by atoms with Crippen LogP contribution in [0.25, 0.3) is 0 Å². The van der Waals surface area contributed by atoms with Crippen LogP contribution < -0.4 is 17.2 Å². The molecular weight excluding hydrogens is 420 g/mol. The molecule has 1 saturated carbocycles. The summed E-state index contributed by atoms with van der Waals surface area (Å²) in [6.45, 7) is 0. The smallest absolute Gasteiger partial charge is 0.357 e. The van der Waals surface area contributed by atoms with Crippen molar-refractivity contribution in [3.63, 3.8) is 0 Å². The third kappa shape index (κ3) is 2.46. The van der Waals surface area contributed by atoms with E-state index in [1.165, 1.54) is 0 Å². The van der Waals surface area contributed by atoms with Crippen molar-refractivity contribution >= 4 is 11.4 Å². The van der Waals surface area contributed by atoms with E-state index in [9.17, 15) is 32.9 Å². The molecule has 0 radical (unpaired) electrons. The highest BCUT2D eigenvalue weighted by atomic mass is 19.3. The average molecular weight is 437 g/mol. The molecule has 0 saturated heterocycles. The molecular formula is C18H17F6N3O3. The second-order valence-electron chi connectivity index (χ2n) is 7.22. The number of alkyl halides is 6. The van der Waals surface area contributed by atoms with Crippen LogP contribution in [0.1, 0.15) is 17.5 Å². The topological polar surface area (TPSA) is 139 Å². The third-order valence-electron chi connectivity index (χ3n) is 5.41. The average Bonchev–Trinajstić information content (AvgIpc) is 2.59. The predicted molar refractivity (Wildman–Crippen MR) is 94.4 cm³/mol. The lowest BCUT2D eigenvalue weighted by Crippen LogP contribution is -2.81. The zero-order valence-electron chi connectivity index (χ0n) is 15.0. The van der Waals surface area contributed by atoms with E-state index in [2.05, 4.69) is 0 Å². The van der Waals surface area contributed by atoms with Gasteiger partial charge in [-0.05, 0) is 35.4 Å². The van der Waals surface area contributed by atoms with E-state index in [1.54, 1.807) is 0 Å². The summed E-state index contributed by atoms with van der Waals surface area (Å²) in [5, 5.41) is 29.6. The molecule has 12 heteroatoms. The number of benzene rings is 2. The Balaban J connectivity index is 2.52. The maximum absolute atomic E-state index is 15.7. The Kier molecular flexibility index (Phi) is 4.42. The molecule has 164 valence electrons. The molecule has 1 aliphatic carbocycles. The van der Waals surface area contributed by atoms with Gasteiger partial charge in [0, 0.05) is 0 Å². The second kappa shape index (κ2) is 6.08. The van der Waals surface area contributed by atoms with E-state index in [-0.39, 0.29) is 0 Å². The van der Waals surface area contributed by atoms with Gasteiger partial charge < -0.3 is 26.8 Å². The van der Waals surface area contributed by atoms with Crippen molar-refractivity contribution in [2.45, 2.75) is 35.3 Å². The van der Waals surface area contributed by atoms with E-state index in [4.69, 9.17) is 17.2 Å². The van der Waals surface area contributed by atoms with Crippen LogP contribution in [0.2, 0.25) is 0 Å². The van der Waals surface area contributed by atoms with Crippen LogP contribution >= 0.6 is 0 Å². The maximum atomic E-state index is 15.7. The summed E-state index contributed by atoms with van der Waals surface area (Å²) in [6.07, 6.45) is -2.53. The number of hydrogen-bond acceptors (Lipinski definition) is 6. The van der Waals surface area contributed by atoms with Gasteiger partial charge in [-0.25, -0.2) is 8.78 Å². The Labute approximate surface area is 165 Å². The van der Waals surface area contributed by atoms with E-state index in [0.717, 1.165) is 12.1 Å². The largest absolute Gasteiger partial charge is 0.506 e. The number of hydrogen-bond donors (Lipinski definition) is 6. The highest BCUT2D eigenvalue weighted by Gasteiger charge is 2.86. The van der Waals surface area contributed by atoms with Crippen molar-refractivity contribution in [3.8, 4) is 11.5 Å². The first-order chi connectivity index (χ1) is 13.5. The highest BCUT2D eigenvalue weighted by molar-refractivity contribution is 5.62. The fourth-order valence-electron chi connectivity index (χ4n) is 3.92. The second-order valence-corrected chi connectivity index (χ2v) is 7.22. The number of rotatable bonds is 2. The lowest BCUT2D eigenvalue weighted by atomic mass is 9.55. The summed E-state index contributed by atoms with van der Waals surface area (Å²) in [4.78, 5) is 0. The number of nitrogen functional groups attached to an aromatic ring is 2. The molecule has 1 aliphatic rings. The molecule has 0 bridgehead atoms. The Morgan fingerprint density at radius 2 is 1.17 bits per heavy atom. The Morgan fingerprint density at radius 3 is 1.53 bits per heavy atom. The molecule has 3 rings (SSSR count). The van der Waals surface area contributed by atoms with Crippen LogP contribution in [-0.4, -0.2) is 38.8 Å². The number of aromatic hydroxyl groups is 2. The molecule has 2 atom stereocenters. The van der Waals surface area contributed by atoms with Gasteiger partial charge in [-0.1, -0.05) is 12.1 Å². The Bertz CT molecular complexity index is 961. The maximum Gasteiger partial charge on any atom is 0.357 e. The van der Waals surface area contributed by atoms with Crippen molar-refractivity contribution in [1.29, 1.82) is 0 Å². The van der Waals surface area contributed by atoms with Gasteiger partial charge in [-0.2, -0.15) is 17.6 Å². The predicted octanol–water partition coefficient (Wildman–Crippen LogP) is 2.51. The Hall–Kier alpha value is -2.86. The third-order valence-corrected chi connectivity index (χ3v) is 5.41. The number of phenols is 2. The first-order valence-electron chi connectivity index (χ1n) is 8.35. The molecule has 0 aromatic heterocycles. The first-order valence-corrected chi connectivity index (χ1v) is 8.35. The summed E-state index contributed by atoms with van der Waals surface area (Å²) in [6, 6.07) is 4.13. The lowest BCUT2D eigenvalue weighted by molar-refractivity contribution is -0.368. The SMILES string of the molecule is Nc1cc(C2(c3ccc(O)c(N)c3)C(O)(F)CC(F)(F)C(F)(F)C2(N)F)ccc1O. The van der Waals surface area contributed by atoms with Gasteiger partial charge >= 0.3 is 11.8 Å². The molecule has 2 unspecified atom stereocenters. The summed E-state index contributed by atoms with van der Waals surface area (Å²) in [7, 11) is 0. The number of anilines is 2. The van der Waals surface area contributed by atoms with E-state index in [1.807, 2.05) is 0 Å². The zero-order valence-corrected chi connectivity index (χ0v) is 15.0. The van der Waals surface area contributed by atoms with Crippen LogP contribution in [-0.2, 0) is 5.41 Å². The standard InChI is InChI=1S/C18H17F6N3O3/c19-14(20)7-15(21,30)16(18(24,27)17(14,22)23,8-1-3-12(28)10(25)5-8)9-2-4-13(29)11(26)6-9/h1-6,28-30H,7,25-27H2. The molecule has 2 aromatic carbocycles. The molecule has 9 N–H and O–H groups in total. The minimum absolute atomic E-state index is 0.564. The summed E-state index contributed by atoms with van der Waals surface area (Å²) >= 11 is 0. The summed E-state index contributed by atoms with van der Waals surface area (Å²) in [5.41, 5.74) is 9.53. The molecule has 0 amide bonds. The minimum Gasteiger partial charge on any atom is -0.506 e. The number of halogens is 6. The molecule has 1 fully saturated rings. The molecule has 0 aliphatic heterocycles. The number of phenolic OH excluding ortho intramolecular Hbond substituents is 2. The van der Waals surface area contributed by atoms with E-state index in [0.29, 0.717) is 24.3 Å². The molecule has 30 heavy (non-hydrogen) atoms. The normalized spacial score (nSPS) is 29.5. The molecule has 0 spiro atoms. The van der Waals surface area contributed by atoms with Crippen LogP contribution in [0.4, 0.5) is 37.7 Å². The number of aliphatic hydroxyl groups is 1. The van der Waals surface area contributed by atoms with Gasteiger partial charge in [0.1, 0.15) is 16.9 Å². The van der Waals surface area contributed by atoms with Crippen LogP contribution in [0, 0.1) is 0 Å². The monoisotopic (exact) mass is 437 g/mol. The van der Waals surface area contributed by atoms with E-state index >= 15 is 8.78 Å². The van der Waals surface area contributed by atoms with Gasteiger partial charge in [-0.3, -0.25) is 5.73 Å². The van der Waals surface area contributed by atoms with Gasteiger partial charge in [-0.15, -0.1) is 0 Å². The molecule has 0 heterocycles. The fraction of sp³-hybridized carbons (Fsp3) is 0.333. The Morgan fingerprint density at radius 1 is 0.767 bits per heavy atom. The summed E-state index contributed by atoms with van der Waals surface area (Å²) in [5.74, 6) is -21.6. The lowest BCUT2D eigenvalue weighted by Gasteiger charge is -2.57. The minimum atomic E-state index is -5.68. The molecule has 2 aromatic rings. The number of nitrogens with two attached hydrogens (primary N) is 3. The highest BCUT2D eigenvalue weighted by Crippen LogP contribution is 2.65. The van der Waals surface area contributed by atoms with Gasteiger partial charge in [0.15, 0.2) is 0 Å². The van der Waals surface area contributed by atoms with Crippen molar-refractivity contribution in [1.82, 2.24) is 0 Å².